The van der Waals surface area contributed by atoms with Gasteiger partial charge in [0.05, 0.1) is 21.3 Å². The lowest BCUT2D eigenvalue weighted by atomic mass is 10.2. The number of nitrogens with two attached hydrogens (primary N) is 1. The van der Waals surface area contributed by atoms with Crippen LogP contribution in [0.15, 0.2) is 23.4 Å². The predicted octanol–water partition coefficient (Wildman–Crippen LogP) is 0.870. The summed E-state index contributed by atoms with van der Waals surface area (Å²) in [7, 11) is 0. The van der Waals surface area contributed by atoms with E-state index in [-0.39, 0.29) is 11.5 Å². The molecule has 100 valence electrons. The highest BCUT2D eigenvalue weighted by Gasteiger charge is 2.12. The molecule has 3 N–H and O–H groups in total. The molecule has 2 heterocycles. The van der Waals surface area contributed by atoms with Crippen molar-refractivity contribution in [2.45, 2.75) is 13.5 Å². The number of carbonyl (C=O) groups is 1. The fourth-order valence-corrected chi connectivity index (χ4v) is 2.99. The molecule has 0 unspecified atom stereocenters. The van der Waals surface area contributed by atoms with Crippen LogP contribution >= 0.6 is 33.9 Å². The Bertz CT molecular complexity index is 680. The number of amides is 1. The van der Waals surface area contributed by atoms with Crippen LogP contribution < -0.4 is 16.8 Å². The molecule has 8 heteroatoms. The van der Waals surface area contributed by atoms with Crippen LogP contribution in [0.5, 0.6) is 0 Å². The van der Waals surface area contributed by atoms with Gasteiger partial charge in [0.15, 0.2) is 0 Å². The monoisotopic (exact) mass is 390 g/mol. The van der Waals surface area contributed by atoms with Crippen molar-refractivity contribution in [1.82, 2.24) is 15.0 Å². The topological polar surface area (TPSA) is 90.0 Å². The molecule has 6 nitrogen and oxygen atoms in total. The molecule has 0 aliphatic carbocycles. The third-order valence-corrected chi connectivity index (χ3v) is 4.41. The van der Waals surface area contributed by atoms with Crippen molar-refractivity contribution in [3.63, 3.8) is 0 Å². The fourth-order valence-electron chi connectivity index (χ4n) is 1.58. The van der Waals surface area contributed by atoms with Crippen LogP contribution in [0.3, 0.4) is 0 Å². The normalized spacial score (nSPS) is 10.5. The van der Waals surface area contributed by atoms with Gasteiger partial charge < -0.3 is 0 Å². The lowest BCUT2D eigenvalue weighted by Crippen LogP contribution is -2.29. The highest BCUT2D eigenvalue weighted by molar-refractivity contribution is 14.1. The summed E-state index contributed by atoms with van der Waals surface area (Å²) in [5.74, 6) is 4.77. The first-order chi connectivity index (χ1) is 9.02. The molecular formula is C11H11IN4O2S. The van der Waals surface area contributed by atoms with Gasteiger partial charge in [0, 0.05) is 11.1 Å². The van der Waals surface area contributed by atoms with Crippen molar-refractivity contribution in [2.75, 3.05) is 0 Å². The SMILES string of the molecule is Cc1sc(C(=O)NN)cc1Cn1cncc(I)c1=O. The van der Waals surface area contributed by atoms with E-state index in [1.165, 1.54) is 28.4 Å². The first kappa shape index (κ1) is 14.2. The molecule has 0 bridgehead atoms. The average Bonchev–Trinajstić information content (AvgIpc) is 2.75. The Morgan fingerprint density at radius 2 is 2.37 bits per heavy atom. The summed E-state index contributed by atoms with van der Waals surface area (Å²) in [5.41, 5.74) is 2.92. The third-order valence-electron chi connectivity index (χ3n) is 2.58. The second-order valence-electron chi connectivity index (χ2n) is 3.84. The number of nitrogens with zero attached hydrogens (tertiary/aromatic N) is 2. The minimum atomic E-state index is -0.326. The van der Waals surface area contributed by atoms with Gasteiger partial charge in [0.2, 0.25) is 0 Å². The minimum Gasteiger partial charge on any atom is -0.294 e. The molecule has 0 spiro atoms. The summed E-state index contributed by atoms with van der Waals surface area (Å²) in [6.07, 6.45) is 3.01. The highest BCUT2D eigenvalue weighted by Crippen LogP contribution is 2.22. The maximum absolute atomic E-state index is 11.9. The Kier molecular flexibility index (Phi) is 4.32. The molecule has 0 aliphatic rings. The molecule has 2 rings (SSSR count). The predicted molar refractivity (Wildman–Crippen MR) is 81.0 cm³/mol. The highest BCUT2D eigenvalue weighted by atomic mass is 127. The number of nitrogen functional groups attached to an aromatic ring is 1. The molecule has 0 saturated carbocycles. The second-order valence-corrected chi connectivity index (χ2v) is 6.26. The van der Waals surface area contributed by atoms with Crippen LogP contribution in [0.1, 0.15) is 20.1 Å². The van der Waals surface area contributed by atoms with Crippen molar-refractivity contribution in [1.29, 1.82) is 0 Å². The van der Waals surface area contributed by atoms with Gasteiger partial charge in [0.1, 0.15) is 0 Å². The molecule has 0 atom stereocenters. The Hall–Kier alpha value is -1.26. The largest absolute Gasteiger partial charge is 0.294 e. The van der Waals surface area contributed by atoms with E-state index in [9.17, 15) is 9.59 Å². The number of hydrazine groups is 1. The van der Waals surface area contributed by atoms with E-state index in [0.29, 0.717) is 15.0 Å². The van der Waals surface area contributed by atoms with Crippen LogP contribution in [-0.2, 0) is 6.54 Å². The molecule has 0 saturated heterocycles. The first-order valence-electron chi connectivity index (χ1n) is 5.33. The molecule has 0 fully saturated rings. The number of nitrogens with one attached hydrogen (secondary N) is 1. The molecule has 2 aromatic rings. The van der Waals surface area contributed by atoms with Gasteiger partial charge in [-0.05, 0) is 41.1 Å². The molecule has 0 radical (unpaired) electrons. The zero-order chi connectivity index (χ0) is 14.0. The summed E-state index contributed by atoms with van der Waals surface area (Å²) in [6.45, 7) is 2.29. The van der Waals surface area contributed by atoms with Crippen molar-refractivity contribution in [3.05, 3.63) is 47.8 Å². The van der Waals surface area contributed by atoms with Crippen LogP contribution in [0, 0.1) is 10.5 Å². The average molecular weight is 390 g/mol. The van der Waals surface area contributed by atoms with Gasteiger partial charge in [-0.2, -0.15) is 0 Å². The summed E-state index contributed by atoms with van der Waals surface area (Å²) < 4.78 is 2.08. The number of halogens is 1. The maximum atomic E-state index is 11.9. The zero-order valence-electron chi connectivity index (χ0n) is 10.0. The van der Waals surface area contributed by atoms with Gasteiger partial charge in [-0.25, -0.2) is 10.8 Å². The van der Waals surface area contributed by atoms with Gasteiger partial charge in [0.25, 0.3) is 11.5 Å². The standard InChI is InChI=1S/C11H11IN4O2S/c1-6-7(2-9(19-6)10(17)15-13)4-16-5-14-3-8(12)11(16)18/h2-3,5H,4,13H2,1H3,(H,15,17). The second kappa shape index (κ2) is 5.80. The number of aryl methyl sites for hydroxylation is 1. The molecule has 19 heavy (non-hydrogen) atoms. The van der Waals surface area contributed by atoms with E-state index >= 15 is 0 Å². The van der Waals surface area contributed by atoms with Crippen LogP contribution in [-0.4, -0.2) is 15.5 Å². The summed E-state index contributed by atoms with van der Waals surface area (Å²) in [4.78, 5) is 28.8. The number of carbonyl (C=O) groups excluding carboxylic acids is 1. The molecule has 0 aliphatic heterocycles. The van der Waals surface area contributed by atoms with Crippen LogP contribution in [0.4, 0.5) is 0 Å². The Morgan fingerprint density at radius 3 is 3.05 bits per heavy atom. The summed E-state index contributed by atoms with van der Waals surface area (Å²) >= 11 is 3.30. The van der Waals surface area contributed by atoms with Crippen molar-refractivity contribution >= 4 is 39.8 Å². The van der Waals surface area contributed by atoms with E-state index < -0.39 is 0 Å². The van der Waals surface area contributed by atoms with E-state index in [4.69, 9.17) is 5.84 Å². The van der Waals surface area contributed by atoms with Crippen molar-refractivity contribution in [3.8, 4) is 0 Å². The Labute approximate surface area is 126 Å². The number of hydrogen-bond donors (Lipinski definition) is 2. The lowest BCUT2D eigenvalue weighted by Gasteiger charge is -2.04. The van der Waals surface area contributed by atoms with E-state index in [1.54, 1.807) is 6.07 Å². The number of aromatic nitrogens is 2. The molecule has 1 amide bonds. The minimum absolute atomic E-state index is 0.0916. The molecular weight excluding hydrogens is 379 g/mol. The summed E-state index contributed by atoms with van der Waals surface area (Å²) in [5, 5.41) is 0. The molecule has 0 aromatic carbocycles. The van der Waals surface area contributed by atoms with E-state index in [1.807, 2.05) is 29.5 Å². The third kappa shape index (κ3) is 3.01. The number of thiophene rings is 1. The van der Waals surface area contributed by atoms with Crippen LogP contribution in [0.25, 0.3) is 0 Å². The first-order valence-corrected chi connectivity index (χ1v) is 7.22. The Balaban J connectivity index is 2.34. The Morgan fingerprint density at radius 1 is 1.63 bits per heavy atom. The maximum Gasteiger partial charge on any atom is 0.275 e. The molecule has 2 aromatic heterocycles. The number of rotatable bonds is 3. The van der Waals surface area contributed by atoms with Gasteiger partial charge in [-0.1, -0.05) is 0 Å². The van der Waals surface area contributed by atoms with Gasteiger partial charge >= 0.3 is 0 Å². The quantitative estimate of drug-likeness (QED) is 0.352. The number of hydrogen-bond acceptors (Lipinski definition) is 5. The van der Waals surface area contributed by atoms with Gasteiger partial charge in [-0.3, -0.25) is 19.6 Å². The summed E-state index contributed by atoms with van der Waals surface area (Å²) in [6, 6.07) is 1.74. The van der Waals surface area contributed by atoms with Crippen molar-refractivity contribution < 1.29 is 4.79 Å². The van der Waals surface area contributed by atoms with E-state index in [2.05, 4.69) is 10.4 Å². The lowest BCUT2D eigenvalue weighted by molar-refractivity contribution is 0.0957. The zero-order valence-corrected chi connectivity index (χ0v) is 13.0. The van der Waals surface area contributed by atoms with E-state index in [0.717, 1.165) is 10.4 Å². The smallest absolute Gasteiger partial charge is 0.275 e. The van der Waals surface area contributed by atoms with Gasteiger partial charge in [-0.15, -0.1) is 11.3 Å². The fraction of sp³-hybridized carbons (Fsp3) is 0.182. The van der Waals surface area contributed by atoms with Crippen molar-refractivity contribution in [2.24, 2.45) is 5.84 Å². The van der Waals surface area contributed by atoms with Crippen LogP contribution in [0.2, 0.25) is 0 Å².